The summed E-state index contributed by atoms with van der Waals surface area (Å²) in [5, 5.41) is 10.8. The van der Waals surface area contributed by atoms with E-state index in [1.165, 1.54) is 12.8 Å². The lowest BCUT2D eigenvalue weighted by atomic mass is 9.84. The van der Waals surface area contributed by atoms with Crippen molar-refractivity contribution in [2.75, 3.05) is 6.61 Å². The van der Waals surface area contributed by atoms with E-state index in [2.05, 4.69) is 25.7 Å². The average Bonchev–Trinajstić information content (AvgIpc) is 3.14. The van der Waals surface area contributed by atoms with Crippen LogP contribution in [0.25, 0.3) is 0 Å². The summed E-state index contributed by atoms with van der Waals surface area (Å²) in [6.45, 7) is 6.59. The van der Waals surface area contributed by atoms with Crippen LogP contribution in [-0.4, -0.2) is 29.1 Å². The molecule has 0 aromatic heterocycles. The van der Waals surface area contributed by atoms with Crippen LogP contribution in [0.3, 0.4) is 0 Å². The molecule has 0 aromatic carbocycles. The Labute approximate surface area is 202 Å². The van der Waals surface area contributed by atoms with Crippen LogP contribution in [-0.2, 0) is 14.3 Å². The number of carbonyl (C=O) groups is 2. The third-order valence-electron chi connectivity index (χ3n) is 6.84. The summed E-state index contributed by atoms with van der Waals surface area (Å²) in [6, 6.07) is 0. The minimum absolute atomic E-state index is 0.169. The molecule has 1 N–H and O–H groups in total. The van der Waals surface area contributed by atoms with Crippen molar-refractivity contribution in [3.8, 4) is 11.8 Å². The Kier molecular flexibility index (Phi) is 15.9. The van der Waals surface area contributed by atoms with Gasteiger partial charge in [0.25, 0.3) is 0 Å². The standard InChI is InChI=1S/C29H48O4/c1-4-7-9-14-24-33-28(31)18-13-11-10-12-17-26-25(19-20-27(26)30)16-15-23-29(32,21-6-3)22-8-5-2/h13,18,25-26,32H,4-5,7-12,14-17,19-20,22-24H2,1-3H3/t25-,26+,29?/m0/s1. The van der Waals surface area contributed by atoms with Crippen molar-refractivity contribution in [1.29, 1.82) is 0 Å². The zero-order valence-electron chi connectivity index (χ0n) is 21.5. The van der Waals surface area contributed by atoms with E-state index in [9.17, 15) is 14.7 Å². The fourth-order valence-electron chi connectivity index (χ4n) is 4.88. The second-order valence-corrected chi connectivity index (χ2v) is 9.69. The molecule has 4 heteroatoms. The Morgan fingerprint density at radius 3 is 2.55 bits per heavy atom. The molecule has 0 bridgehead atoms. The molecule has 3 atom stereocenters. The molecule has 0 radical (unpaired) electrons. The number of hydrogen-bond donors (Lipinski definition) is 1. The zero-order chi connectivity index (χ0) is 24.4. The van der Waals surface area contributed by atoms with Gasteiger partial charge in [-0.15, -0.1) is 5.92 Å². The highest BCUT2D eigenvalue weighted by atomic mass is 16.5. The van der Waals surface area contributed by atoms with Gasteiger partial charge in [0.1, 0.15) is 11.4 Å². The summed E-state index contributed by atoms with van der Waals surface area (Å²) < 4.78 is 5.21. The molecule has 1 aliphatic rings. The molecular weight excluding hydrogens is 412 g/mol. The Morgan fingerprint density at radius 2 is 1.82 bits per heavy atom. The van der Waals surface area contributed by atoms with Crippen LogP contribution in [0.15, 0.2) is 12.2 Å². The number of ketones is 1. The molecule has 1 aliphatic carbocycles. The van der Waals surface area contributed by atoms with E-state index in [4.69, 9.17) is 4.74 Å². The van der Waals surface area contributed by atoms with Crippen LogP contribution < -0.4 is 0 Å². The third kappa shape index (κ3) is 13.0. The van der Waals surface area contributed by atoms with E-state index >= 15 is 0 Å². The molecule has 0 aromatic rings. The Morgan fingerprint density at radius 1 is 1.06 bits per heavy atom. The zero-order valence-corrected chi connectivity index (χ0v) is 21.5. The lowest BCUT2D eigenvalue weighted by Gasteiger charge is -2.24. The number of carbonyl (C=O) groups excluding carboxylic acids is 2. The Bertz CT molecular complexity index is 642. The summed E-state index contributed by atoms with van der Waals surface area (Å²) in [7, 11) is 0. The van der Waals surface area contributed by atoms with E-state index < -0.39 is 5.60 Å². The SMILES string of the molecule is CC#CC(O)(CCCC)CCC[C@H]1CCC(=O)[C@@H]1CCCCC=CC(=O)OCCCCCC. The van der Waals surface area contributed by atoms with Crippen LogP contribution >= 0.6 is 0 Å². The van der Waals surface area contributed by atoms with Crippen LogP contribution in [0, 0.1) is 23.7 Å². The second kappa shape index (κ2) is 17.8. The van der Waals surface area contributed by atoms with Gasteiger partial charge in [0.15, 0.2) is 0 Å². The number of ether oxygens (including phenoxy) is 1. The first-order valence-electron chi connectivity index (χ1n) is 13.5. The molecule has 188 valence electrons. The second-order valence-electron chi connectivity index (χ2n) is 9.69. The molecule has 33 heavy (non-hydrogen) atoms. The summed E-state index contributed by atoms with van der Waals surface area (Å²) in [4.78, 5) is 24.1. The first-order chi connectivity index (χ1) is 16.0. The van der Waals surface area contributed by atoms with E-state index in [1.807, 2.05) is 6.08 Å². The molecular formula is C29H48O4. The van der Waals surface area contributed by atoms with Crippen molar-refractivity contribution in [2.24, 2.45) is 11.8 Å². The minimum atomic E-state index is -0.869. The van der Waals surface area contributed by atoms with Gasteiger partial charge in [-0.25, -0.2) is 4.79 Å². The number of rotatable bonds is 18. The van der Waals surface area contributed by atoms with Gasteiger partial charge in [-0.2, -0.15) is 0 Å². The van der Waals surface area contributed by atoms with Gasteiger partial charge in [0.05, 0.1) is 6.61 Å². The van der Waals surface area contributed by atoms with Gasteiger partial charge < -0.3 is 9.84 Å². The fraction of sp³-hybridized carbons (Fsp3) is 0.793. The first kappa shape index (κ1) is 29.4. The van der Waals surface area contributed by atoms with Gasteiger partial charge in [-0.05, 0) is 77.0 Å². The lowest BCUT2D eigenvalue weighted by molar-refractivity contribution is -0.137. The number of aliphatic hydroxyl groups is 1. The van der Waals surface area contributed by atoms with Crippen LogP contribution in [0.4, 0.5) is 0 Å². The summed E-state index contributed by atoms with van der Waals surface area (Å²) >= 11 is 0. The minimum Gasteiger partial charge on any atom is -0.463 e. The largest absolute Gasteiger partial charge is 0.463 e. The van der Waals surface area contributed by atoms with Crippen LogP contribution in [0.5, 0.6) is 0 Å². The molecule has 0 aliphatic heterocycles. The van der Waals surface area contributed by atoms with Crippen LogP contribution in [0.1, 0.15) is 124 Å². The van der Waals surface area contributed by atoms with E-state index in [-0.39, 0.29) is 11.9 Å². The van der Waals surface area contributed by atoms with Crippen molar-refractivity contribution in [3.63, 3.8) is 0 Å². The predicted octanol–water partition coefficient (Wildman–Crippen LogP) is 6.94. The fourth-order valence-corrected chi connectivity index (χ4v) is 4.88. The molecule has 1 rings (SSSR count). The Balaban J connectivity index is 2.27. The van der Waals surface area contributed by atoms with Crippen LogP contribution in [0.2, 0.25) is 0 Å². The van der Waals surface area contributed by atoms with Gasteiger partial charge in [0.2, 0.25) is 0 Å². The van der Waals surface area contributed by atoms with Crippen molar-refractivity contribution in [3.05, 3.63) is 12.2 Å². The number of Topliss-reactive ketones (excluding diaryl/α,β-unsaturated/α-hetero) is 1. The molecule has 0 amide bonds. The quantitative estimate of drug-likeness (QED) is 0.104. The molecule has 1 saturated carbocycles. The first-order valence-corrected chi connectivity index (χ1v) is 13.5. The molecule has 1 fully saturated rings. The number of unbranched alkanes of at least 4 members (excludes halogenated alkanes) is 6. The van der Waals surface area contributed by atoms with Gasteiger partial charge in [0, 0.05) is 18.4 Å². The topological polar surface area (TPSA) is 63.6 Å². The highest BCUT2D eigenvalue weighted by molar-refractivity contribution is 5.83. The number of allylic oxidation sites excluding steroid dienone is 1. The smallest absolute Gasteiger partial charge is 0.330 e. The maximum absolute atomic E-state index is 12.4. The van der Waals surface area contributed by atoms with Crippen molar-refractivity contribution >= 4 is 11.8 Å². The van der Waals surface area contributed by atoms with Crippen molar-refractivity contribution < 1.29 is 19.4 Å². The molecule has 1 unspecified atom stereocenters. The van der Waals surface area contributed by atoms with Gasteiger partial charge in [-0.3, -0.25) is 4.79 Å². The highest BCUT2D eigenvalue weighted by Gasteiger charge is 2.34. The van der Waals surface area contributed by atoms with E-state index in [1.54, 1.807) is 13.0 Å². The summed E-state index contributed by atoms with van der Waals surface area (Å²) in [5.74, 6) is 6.69. The molecule has 0 heterocycles. The number of esters is 1. The van der Waals surface area contributed by atoms with E-state index in [0.29, 0.717) is 31.1 Å². The van der Waals surface area contributed by atoms with Gasteiger partial charge in [-0.1, -0.05) is 57.9 Å². The maximum atomic E-state index is 12.4. The average molecular weight is 461 g/mol. The molecule has 0 spiro atoms. The predicted molar refractivity (Wildman–Crippen MR) is 136 cm³/mol. The monoisotopic (exact) mass is 460 g/mol. The summed E-state index contributed by atoms with van der Waals surface area (Å²) in [6.07, 6.45) is 18.7. The molecule has 0 saturated heterocycles. The van der Waals surface area contributed by atoms with Gasteiger partial charge >= 0.3 is 5.97 Å². The normalized spacial score (nSPS) is 19.9. The summed E-state index contributed by atoms with van der Waals surface area (Å²) in [5.41, 5.74) is -0.869. The molecule has 4 nitrogen and oxygen atoms in total. The third-order valence-corrected chi connectivity index (χ3v) is 6.84. The highest BCUT2D eigenvalue weighted by Crippen LogP contribution is 2.37. The van der Waals surface area contributed by atoms with Crippen molar-refractivity contribution in [1.82, 2.24) is 0 Å². The lowest BCUT2D eigenvalue weighted by Crippen LogP contribution is -2.27. The van der Waals surface area contributed by atoms with E-state index in [0.717, 1.165) is 77.0 Å². The number of hydrogen-bond acceptors (Lipinski definition) is 4. The Hall–Kier alpha value is -1.60. The van der Waals surface area contributed by atoms with Crippen molar-refractivity contribution in [2.45, 2.75) is 129 Å². The maximum Gasteiger partial charge on any atom is 0.330 e.